The monoisotopic (exact) mass is 321 g/mol. The van der Waals surface area contributed by atoms with Crippen LogP contribution in [0.3, 0.4) is 0 Å². The molecular formula is C18H27NO4. The van der Waals surface area contributed by atoms with E-state index in [2.05, 4.69) is 5.32 Å². The van der Waals surface area contributed by atoms with E-state index >= 15 is 0 Å². The number of benzene rings is 1. The Labute approximate surface area is 138 Å². The third-order valence-electron chi connectivity index (χ3n) is 3.38. The molecule has 0 heterocycles. The van der Waals surface area contributed by atoms with Crippen molar-refractivity contribution >= 4 is 12.1 Å². The zero-order chi connectivity index (χ0) is 17.7. The second-order valence-corrected chi connectivity index (χ2v) is 7.43. The van der Waals surface area contributed by atoms with Gasteiger partial charge in [0.2, 0.25) is 0 Å². The molecule has 0 aliphatic heterocycles. The maximum absolute atomic E-state index is 12.0. The van der Waals surface area contributed by atoms with E-state index in [0.717, 1.165) is 5.56 Å². The number of carboxylic acids is 1. The second-order valence-electron chi connectivity index (χ2n) is 7.43. The molecule has 0 aromatic heterocycles. The standard InChI is InChI=1S/C18H27NO4/c1-17(2,3)23-16(22)19-14(12-18(4,5)15(20)21)11-13-9-7-6-8-10-13/h6-10,14H,11-12H2,1-5H3,(H,19,22)(H,20,21)/t14-/m0/s1. The zero-order valence-electron chi connectivity index (χ0n) is 14.6. The maximum atomic E-state index is 12.0. The second kappa shape index (κ2) is 7.49. The quantitative estimate of drug-likeness (QED) is 0.839. The molecule has 0 saturated heterocycles. The fourth-order valence-corrected chi connectivity index (χ4v) is 2.25. The molecule has 0 bridgehead atoms. The predicted octanol–water partition coefficient (Wildman–Crippen LogP) is 3.62. The van der Waals surface area contributed by atoms with Gasteiger partial charge in [0.15, 0.2) is 0 Å². The van der Waals surface area contributed by atoms with Gasteiger partial charge in [0.05, 0.1) is 5.41 Å². The topological polar surface area (TPSA) is 75.6 Å². The molecular weight excluding hydrogens is 294 g/mol. The molecule has 0 saturated carbocycles. The Balaban J connectivity index is 2.84. The highest BCUT2D eigenvalue weighted by atomic mass is 16.6. The van der Waals surface area contributed by atoms with Crippen molar-refractivity contribution in [2.45, 2.75) is 59.1 Å². The predicted molar refractivity (Wildman–Crippen MR) is 89.3 cm³/mol. The highest BCUT2D eigenvalue weighted by Gasteiger charge is 2.32. The number of carbonyl (C=O) groups is 2. The number of carbonyl (C=O) groups excluding carboxylic acids is 1. The average molecular weight is 321 g/mol. The van der Waals surface area contributed by atoms with Gasteiger partial charge in [-0.15, -0.1) is 0 Å². The first-order chi connectivity index (χ1) is 10.5. The van der Waals surface area contributed by atoms with E-state index in [4.69, 9.17) is 4.74 Å². The Bertz CT molecular complexity index is 532. The van der Waals surface area contributed by atoms with Crippen molar-refractivity contribution in [3.05, 3.63) is 35.9 Å². The van der Waals surface area contributed by atoms with Crippen LogP contribution in [0.5, 0.6) is 0 Å². The van der Waals surface area contributed by atoms with Gasteiger partial charge in [-0.1, -0.05) is 30.3 Å². The molecule has 0 spiro atoms. The van der Waals surface area contributed by atoms with E-state index in [9.17, 15) is 14.7 Å². The van der Waals surface area contributed by atoms with Crippen LogP contribution in [0.1, 0.15) is 46.6 Å². The Hall–Kier alpha value is -2.04. The molecule has 0 aliphatic carbocycles. The van der Waals surface area contributed by atoms with Gasteiger partial charge in [0.1, 0.15) is 5.60 Å². The molecule has 1 rings (SSSR count). The molecule has 2 N–H and O–H groups in total. The number of amides is 1. The summed E-state index contributed by atoms with van der Waals surface area (Å²) in [6.45, 7) is 8.69. The molecule has 0 fully saturated rings. The van der Waals surface area contributed by atoms with Gasteiger partial charge < -0.3 is 15.2 Å². The average Bonchev–Trinajstić information content (AvgIpc) is 2.36. The SMILES string of the molecule is CC(C)(C)OC(=O)N[C@@H](Cc1ccccc1)CC(C)(C)C(=O)O. The minimum Gasteiger partial charge on any atom is -0.481 e. The van der Waals surface area contributed by atoms with Crippen molar-refractivity contribution in [2.24, 2.45) is 5.41 Å². The summed E-state index contributed by atoms with van der Waals surface area (Å²) in [5.41, 5.74) is -0.493. The number of hydrogen-bond donors (Lipinski definition) is 2. The van der Waals surface area contributed by atoms with Crippen LogP contribution < -0.4 is 5.32 Å². The van der Waals surface area contributed by atoms with E-state index in [1.54, 1.807) is 34.6 Å². The van der Waals surface area contributed by atoms with E-state index in [0.29, 0.717) is 12.8 Å². The summed E-state index contributed by atoms with van der Waals surface area (Å²) in [6.07, 6.45) is 0.340. The minimum atomic E-state index is -0.936. The van der Waals surface area contributed by atoms with Crippen molar-refractivity contribution in [3.8, 4) is 0 Å². The third kappa shape index (κ3) is 7.17. The van der Waals surface area contributed by atoms with Crippen molar-refractivity contribution in [1.29, 1.82) is 0 Å². The molecule has 1 aromatic carbocycles. The highest BCUT2D eigenvalue weighted by molar-refractivity contribution is 5.74. The molecule has 0 radical (unpaired) electrons. The smallest absolute Gasteiger partial charge is 0.407 e. The summed E-state index contributed by atoms with van der Waals surface area (Å²) in [5, 5.41) is 12.1. The van der Waals surface area contributed by atoms with Crippen LogP contribution >= 0.6 is 0 Å². The summed E-state index contributed by atoms with van der Waals surface area (Å²) in [4.78, 5) is 23.4. The van der Waals surface area contributed by atoms with Gasteiger partial charge in [0.25, 0.3) is 0 Å². The molecule has 0 aliphatic rings. The lowest BCUT2D eigenvalue weighted by Gasteiger charge is -2.28. The van der Waals surface area contributed by atoms with Crippen molar-refractivity contribution in [3.63, 3.8) is 0 Å². The molecule has 5 nitrogen and oxygen atoms in total. The number of hydrogen-bond acceptors (Lipinski definition) is 3. The van der Waals surface area contributed by atoms with Crippen LogP contribution in [-0.2, 0) is 16.0 Å². The van der Waals surface area contributed by atoms with Crippen LogP contribution in [0.4, 0.5) is 4.79 Å². The number of nitrogens with one attached hydrogen (secondary N) is 1. The van der Waals surface area contributed by atoms with E-state index in [1.165, 1.54) is 0 Å². The molecule has 23 heavy (non-hydrogen) atoms. The van der Waals surface area contributed by atoms with Gasteiger partial charge in [-0.2, -0.15) is 0 Å². The van der Waals surface area contributed by atoms with E-state index in [-0.39, 0.29) is 6.04 Å². The Morgan fingerprint density at radius 3 is 2.17 bits per heavy atom. The molecule has 5 heteroatoms. The van der Waals surface area contributed by atoms with Crippen molar-refractivity contribution in [2.75, 3.05) is 0 Å². The fourth-order valence-electron chi connectivity index (χ4n) is 2.25. The van der Waals surface area contributed by atoms with Gasteiger partial charge in [0, 0.05) is 6.04 Å². The number of aliphatic carboxylic acids is 1. The lowest BCUT2D eigenvalue weighted by molar-refractivity contribution is -0.147. The van der Waals surface area contributed by atoms with E-state index in [1.807, 2.05) is 30.3 Å². The Morgan fingerprint density at radius 1 is 1.13 bits per heavy atom. The first kappa shape index (κ1) is 19.0. The third-order valence-corrected chi connectivity index (χ3v) is 3.38. The molecule has 0 unspecified atom stereocenters. The number of ether oxygens (including phenoxy) is 1. The van der Waals surface area contributed by atoms with Crippen LogP contribution in [0.2, 0.25) is 0 Å². The molecule has 128 valence electrons. The summed E-state index contributed by atoms with van der Waals surface area (Å²) in [5.74, 6) is -0.887. The van der Waals surface area contributed by atoms with Gasteiger partial charge in [-0.05, 0) is 53.0 Å². The minimum absolute atomic E-state index is 0.316. The lowest BCUT2D eigenvalue weighted by atomic mass is 9.84. The largest absolute Gasteiger partial charge is 0.481 e. The van der Waals surface area contributed by atoms with Crippen LogP contribution in [-0.4, -0.2) is 28.8 Å². The number of rotatable bonds is 6. The first-order valence-corrected chi connectivity index (χ1v) is 7.76. The van der Waals surface area contributed by atoms with Crippen LogP contribution in [0, 0.1) is 5.41 Å². The molecule has 1 amide bonds. The Kier molecular flexibility index (Phi) is 6.19. The summed E-state index contributed by atoms with van der Waals surface area (Å²) in [7, 11) is 0. The Morgan fingerprint density at radius 2 is 1.70 bits per heavy atom. The fraction of sp³-hybridized carbons (Fsp3) is 0.556. The van der Waals surface area contributed by atoms with Gasteiger partial charge >= 0.3 is 12.1 Å². The van der Waals surface area contributed by atoms with Crippen LogP contribution in [0.15, 0.2) is 30.3 Å². The summed E-state index contributed by atoms with van der Waals surface area (Å²) in [6, 6.07) is 9.35. The molecule has 1 atom stereocenters. The van der Waals surface area contributed by atoms with Gasteiger partial charge in [-0.25, -0.2) is 4.79 Å². The lowest BCUT2D eigenvalue weighted by Crippen LogP contribution is -2.43. The highest BCUT2D eigenvalue weighted by Crippen LogP contribution is 2.24. The number of carboxylic acid groups (broad SMARTS) is 1. The first-order valence-electron chi connectivity index (χ1n) is 7.76. The molecule has 1 aromatic rings. The van der Waals surface area contributed by atoms with Gasteiger partial charge in [-0.3, -0.25) is 4.79 Å². The van der Waals surface area contributed by atoms with Crippen molar-refractivity contribution in [1.82, 2.24) is 5.32 Å². The van der Waals surface area contributed by atoms with E-state index < -0.39 is 23.1 Å². The number of alkyl carbamates (subject to hydrolysis) is 1. The van der Waals surface area contributed by atoms with Crippen LogP contribution in [0.25, 0.3) is 0 Å². The summed E-state index contributed by atoms with van der Waals surface area (Å²) < 4.78 is 5.28. The maximum Gasteiger partial charge on any atom is 0.407 e. The summed E-state index contributed by atoms with van der Waals surface area (Å²) >= 11 is 0. The normalized spacial score (nSPS) is 13.3. The van der Waals surface area contributed by atoms with Crippen molar-refractivity contribution < 1.29 is 19.4 Å². The zero-order valence-corrected chi connectivity index (χ0v) is 14.6.